The summed E-state index contributed by atoms with van der Waals surface area (Å²) in [5.74, 6) is 3.00. The molecule has 2 aromatic rings. The van der Waals surface area contributed by atoms with Gasteiger partial charge in [-0.2, -0.15) is 0 Å². The van der Waals surface area contributed by atoms with Crippen LogP contribution in [0.4, 0.5) is 0 Å². The summed E-state index contributed by atoms with van der Waals surface area (Å²) >= 11 is 1.81. The maximum absolute atomic E-state index is 4.74. The van der Waals surface area contributed by atoms with Crippen LogP contribution in [0.5, 0.6) is 0 Å². The number of fused-ring (bicyclic) bond motifs is 1. The zero-order chi connectivity index (χ0) is 16.1. The number of rotatable bonds is 6. The molecule has 0 aliphatic carbocycles. The molecule has 23 heavy (non-hydrogen) atoms. The van der Waals surface area contributed by atoms with Crippen LogP contribution >= 0.6 is 11.3 Å². The van der Waals surface area contributed by atoms with Crippen molar-refractivity contribution in [2.45, 2.75) is 39.3 Å². The van der Waals surface area contributed by atoms with Crippen molar-refractivity contribution in [3.63, 3.8) is 0 Å². The average molecular weight is 332 g/mol. The number of aromatic nitrogens is 3. The second-order valence-corrected chi connectivity index (χ2v) is 6.74. The summed E-state index contributed by atoms with van der Waals surface area (Å²) in [5.41, 5.74) is 0. The van der Waals surface area contributed by atoms with Gasteiger partial charge in [-0.05, 0) is 31.2 Å². The van der Waals surface area contributed by atoms with Gasteiger partial charge >= 0.3 is 0 Å². The highest BCUT2D eigenvalue weighted by Gasteiger charge is 2.17. The number of nitrogens with one attached hydrogen (secondary N) is 1. The molecule has 1 aliphatic heterocycles. The van der Waals surface area contributed by atoms with Gasteiger partial charge < -0.3 is 14.8 Å². The molecule has 3 heterocycles. The predicted octanol–water partition coefficient (Wildman–Crippen LogP) is 1.93. The number of hydrogen-bond acceptors (Lipinski definition) is 4. The molecule has 3 rings (SSSR count). The van der Waals surface area contributed by atoms with Gasteiger partial charge in [0.05, 0.1) is 0 Å². The van der Waals surface area contributed by atoms with E-state index in [-0.39, 0.29) is 0 Å². The fourth-order valence-electron chi connectivity index (χ4n) is 2.78. The third kappa shape index (κ3) is 3.90. The van der Waals surface area contributed by atoms with Crippen LogP contribution in [0.1, 0.15) is 29.9 Å². The Morgan fingerprint density at radius 3 is 3.17 bits per heavy atom. The Morgan fingerprint density at radius 1 is 1.48 bits per heavy atom. The zero-order valence-corrected chi connectivity index (χ0v) is 14.6. The van der Waals surface area contributed by atoms with Crippen molar-refractivity contribution < 1.29 is 0 Å². The molecule has 0 bridgehead atoms. The number of thiophene rings is 1. The Hall–Kier alpha value is -1.89. The normalized spacial score (nSPS) is 14.1. The summed E-state index contributed by atoms with van der Waals surface area (Å²) < 4.78 is 2.21. The van der Waals surface area contributed by atoms with Crippen molar-refractivity contribution in [2.24, 2.45) is 4.99 Å². The lowest BCUT2D eigenvalue weighted by molar-refractivity contribution is 0.485. The fourth-order valence-corrected chi connectivity index (χ4v) is 3.48. The van der Waals surface area contributed by atoms with E-state index in [1.165, 1.54) is 11.3 Å². The molecular formula is C16H24N6S. The van der Waals surface area contributed by atoms with Crippen LogP contribution in [-0.4, -0.2) is 45.8 Å². The van der Waals surface area contributed by atoms with Gasteiger partial charge in [-0.3, -0.25) is 0 Å². The largest absolute Gasteiger partial charge is 0.357 e. The third-order valence-corrected chi connectivity index (χ3v) is 4.96. The van der Waals surface area contributed by atoms with Crippen LogP contribution in [0.25, 0.3) is 0 Å². The van der Waals surface area contributed by atoms with E-state index in [2.05, 4.69) is 56.5 Å². The number of aryl methyl sites for hydroxylation is 1. The van der Waals surface area contributed by atoms with Gasteiger partial charge in [-0.1, -0.05) is 6.07 Å². The van der Waals surface area contributed by atoms with E-state index in [4.69, 9.17) is 4.99 Å². The minimum atomic E-state index is 0.582. The van der Waals surface area contributed by atoms with Crippen molar-refractivity contribution in [3.8, 4) is 0 Å². The standard InChI is InChI=1S/C16H24N6S/c1-3-17-16(21(2)10-8-13-6-5-11-23-13)18-12-15-20-19-14-7-4-9-22(14)15/h5-6,11H,3-4,7-10,12H2,1-2H3,(H,17,18). The first-order valence-corrected chi connectivity index (χ1v) is 9.08. The monoisotopic (exact) mass is 332 g/mol. The SMILES string of the molecule is CCNC(=NCc1nnc2n1CCC2)N(C)CCc1cccs1. The molecule has 1 aliphatic rings. The highest BCUT2D eigenvalue weighted by atomic mass is 32.1. The van der Waals surface area contributed by atoms with E-state index in [1.807, 2.05) is 0 Å². The van der Waals surface area contributed by atoms with E-state index in [1.54, 1.807) is 11.3 Å². The molecule has 2 aromatic heterocycles. The highest BCUT2D eigenvalue weighted by Crippen LogP contribution is 2.14. The fraction of sp³-hybridized carbons (Fsp3) is 0.562. The number of nitrogens with zero attached hydrogens (tertiary/aromatic N) is 5. The number of guanidine groups is 1. The van der Waals surface area contributed by atoms with Crippen molar-refractivity contribution >= 4 is 17.3 Å². The summed E-state index contributed by atoms with van der Waals surface area (Å²) in [6.07, 6.45) is 3.25. The van der Waals surface area contributed by atoms with E-state index < -0.39 is 0 Å². The van der Waals surface area contributed by atoms with Gasteiger partial charge in [-0.15, -0.1) is 21.5 Å². The molecule has 124 valence electrons. The summed E-state index contributed by atoms with van der Waals surface area (Å²) in [5, 5.41) is 14.0. The minimum absolute atomic E-state index is 0.582. The van der Waals surface area contributed by atoms with Gasteiger partial charge in [0.2, 0.25) is 0 Å². The lowest BCUT2D eigenvalue weighted by Crippen LogP contribution is -2.40. The van der Waals surface area contributed by atoms with Gasteiger partial charge in [-0.25, -0.2) is 4.99 Å². The molecule has 0 radical (unpaired) electrons. The second kappa shape index (κ2) is 7.59. The molecule has 0 atom stereocenters. The van der Waals surface area contributed by atoms with E-state index >= 15 is 0 Å². The molecule has 0 saturated carbocycles. The van der Waals surface area contributed by atoms with Crippen molar-refractivity contribution in [3.05, 3.63) is 34.0 Å². The first-order chi connectivity index (χ1) is 11.3. The van der Waals surface area contributed by atoms with Crippen molar-refractivity contribution in [1.82, 2.24) is 25.0 Å². The Bertz CT molecular complexity index is 646. The molecule has 1 N–H and O–H groups in total. The molecular weight excluding hydrogens is 308 g/mol. The number of aliphatic imine (C=N–C) groups is 1. The Balaban J connectivity index is 1.62. The first kappa shape index (κ1) is 16.0. The van der Waals surface area contributed by atoms with Crippen molar-refractivity contribution in [2.75, 3.05) is 20.1 Å². The van der Waals surface area contributed by atoms with Gasteiger partial charge in [0.25, 0.3) is 0 Å². The number of likely N-dealkylation sites (N-methyl/N-ethyl adjacent to an activating group) is 1. The Kier molecular flexibility index (Phi) is 5.27. The number of hydrogen-bond donors (Lipinski definition) is 1. The maximum atomic E-state index is 4.74. The zero-order valence-electron chi connectivity index (χ0n) is 13.8. The lowest BCUT2D eigenvalue weighted by atomic mass is 10.3. The lowest BCUT2D eigenvalue weighted by Gasteiger charge is -2.21. The van der Waals surface area contributed by atoms with Crippen LogP contribution < -0.4 is 5.32 Å². The smallest absolute Gasteiger partial charge is 0.194 e. The van der Waals surface area contributed by atoms with E-state index in [0.29, 0.717) is 6.54 Å². The van der Waals surface area contributed by atoms with Gasteiger partial charge in [0.15, 0.2) is 11.8 Å². The van der Waals surface area contributed by atoms with E-state index in [9.17, 15) is 0 Å². The summed E-state index contributed by atoms with van der Waals surface area (Å²) in [4.78, 5) is 8.34. The van der Waals surface area contributed by atoms with Crippen LogP contribution in [-0.2, 0) is 25.9 Å². The van der Waals surface area contributed by atoms with Crippen LogP contribution in [0.3, 0.4) is 0 Å². The molecule has 0 spiro atoms. The van der Waals surface area contributed by atoms with Gasteiger partial charge in [0.1, 0.15) is 12.4 Å². The Labute approximate surface area is 141 Å². The summed E-state index contributed by atoms with van der Waals surface area (Å²) in [7, 11) is 2.09. The minimum Gasteiger partial charge on any atom is -0.357 e. The molecule has 6 nitrogen and oxygen atoms in total. The summed E-state index contributed by atoms with van der Waals surface area (Å²) in [6, 6.07) is 4.28. The van der Waals surface area contributed by atoms with Crippen molar-refractivity contribution in [1.29, 1.82) is 0 Å². The average Bonchev–Trinajstić information content (AvgIpc) is 3.27. The molecule has 0 saturated heterocycles. The molecule has 0 unspecified atom stereocenters. The molecule has 0 aromatic carbocycles. The quantitative estimate of drug-likeness (QED) is 0.649. The maximum Gasteiger partial charge on any atom is 0.194 e. The first-order valence-electron chi connectivity index (χ1n) is 8.20. The topological polar surface area (TPSA) is 58.3 Å². The van der Waals surface area contributed by atoms with Crippen LogP contribution in [0, 0.1) is 0 Å². The molecule has 7 heteroatoms. The van der Waals surface area contributed by atoms with E-state index in [0.717, 1.165) is 50.1 Å². The summed E-state index contributed by atoms with van der Waals surface area (Å²) in [6.45, 7) is 5.51. The molecule has 0 amide bonds. The van der Waals surface area contributed by atoms with Crippen LogP contribution in [0.15, 0.2) is 22.5 Å². The van der Waals surface area contributed by atoms with Crippen LogP contribution in [0.2, 0.25) is 0 Å². The van der Waals surface area contributed by atoms with Gasteiger partial charge in [0, 0.05) is 38.0 Å². The predicted molar refractivity (Wildman–Crippen MR) is 93.8 cm³/mol. The highest BCUT2D eigenvalue weighted by molar-refractivity contribution is 7.09. The molecule has 0 fully saturated rings. The Morgan fingerprint density at radius 2 is 2.39 bits per heavy atom. The third-order valence-electron chi connectivity index (χ3n) is 4.03. The second-order valence-electron chi connectivity index (χ2n) is 5.71.